The van der Waals surface area contributed by atoms with Crippen LogP contribution in [0.2, 0.25) is 0 Å². The SMILES string of the molecule is O=C1c2ccccc2C(=O)N1Cc1cc([N+](=O)[O-])ccc1O. The summed E-state index contributed by atoms with van der Waals surface area (Å²) in [6.07, 6.45) is 0. The second-order valence-electron chi connectivity index (χ2n) is 4.81. The van der Waals surface area contributed by atoms with Crippen molar-refractivity contribution < 1.29 is 19.6 Å². The number of hydrogen-bond acceptors (Lipinski definition) is 5. The third-order valence-corrected chi connectivity index (χ3v) is 3.48. The van der Waals surface area contributed by atoms with E-state index in [1.165, 1.54) is 6.07 Å². The molecule has 0 fully saturated rings. The summed E-state index contributed by atoms with van der Waals surface area (Å²) in [4.78, 5) is 35.6. The van der Waals surface area contributed by atoms with Gasteiger partial charge in [-0.2, -0.15) is 0 Å². The molecule has 0 unspecified atom stereocenters. The molecule has 0 spiro atoms. The van der Waals surface area contributed by atoms with Gasteiger partial charge in [0, 0.05) is 17.7 Å². The number of amides is 2. The Hall–Kier alpha value is -3.22. The molecule has 0 aromatic heterocycles. The number of fused-ring (bicyclic) bond motifs is 1. The predicted octanol–water partition coefficient (Wildman–Crippen LogP) is 2.10. The van der Waals surface area contributed by atoms with Crippen molar-refractivity contribution in [2.24, 2.45) is 0 Å². The molecule has 0 radical (unpaired) electrons. The largest absolute Gasteiger partial charge is 0.508 e. The maximum atomic E-state index is 12.2. The van der Waals surface area contributed by atoms with E-state index < -0.39 is 16.7 Å². The van der Waals surface area contributed by atoms with Crippen molar-refractivity contribution >= 4 is 17.5 Å². The average molecular weight is 298 g/mol. The van der Waals surface area contributed by atoms with Crippen LogP contribution in [0.4, 0.5) is 5.69 Å². The van der Waals surface area contributed by atoms with Crippen LogP contribution in [0.3, 0.4) is 0 Å². The number of hydrogen-bond donors (Lipinski definition) is 1. The van der Waals surface area contributed by atoms with E-state index in [1.807, 2.05) is 0 Å². The second kappa shape index (κ2) is 4.96. The zero-order valence-corrected chi connectivity index (χ0v) is 11.2. The summed E-state index contributed by atoms with van der Waals surface area (Å²) < 4.78 is 0. The van der Waals surface area contributed by atoms with E-state index in [0.29, 0.717) is 0 Å². The van der Waals surface area contributed by atoms with Gasteiger partial charge in [-0.1, -0.05) is 12.1 Å². The van der Waals surface area contributed by atoms with Gasteiger partial charge in [-0.25, -0.2) is 0 Å². The number of nitro groups is 1. The number of non-ortho nitro benzene ring substituents is 1. The lowest BCUT2D eigenvalue weighted by atomic mass is 10.1. The van der Waals surface area contributed by atoms with Crippen molar-refractivity contribution in [3.63, 3.8) is 0 Å². The van der Waals surface area contributed by atoms with Gasteiger partial charge in [0.15, 0.2) is 0 Å². The highest BCUT2D eigenvalue weighted by molar-refractivity contribution is 6.21. The van der Waals surface area contributed by atoms with Crippen molar-refractivity contribution in [2.75, 3.05) is 0 Å². The van der Waals surface area contributed by atoms with Crippen LogP contribution in [0.15, 0.2) is 42.5 Å². The molecule has 2 aromatic rings. The molecule has 2 amide bonds. The van der Waals surface area contributed by atoms with Crippen LogP contribution in [-0.4, -0.2) is 26.7 Å². The molecular formula is C15H10N2O5. The molecule has 2 aromatic carbocycles. The normalized spacial score (nSPS) is 13.4. The number of aromatic hydroxyl groups is 1. The molecule has 0 bridgehead atoms. The first-order chi connectivity index (χ1) is 10.5. The summed E-state index contributed by atoms with van der Waals surface area (Å²) in [6.45, 7) is -0.222. The molecule has 3 rings (SSSR count). The molecule has 0 saturated heterocycles. The Kier molecular flexibility index (Phi) is 3.10. The number of carbonyl (C=O) groups excluding carboxylic acids is 2. The van der Waals surface area contributed by atoms with E-state index in [0.717, 1.165) is 17.0 Å². The number of carbonyl (C=O) groups is 2. The fourth-order valence-corrected chi connectivity index (χ4v) is 2.37. The lowest BCUT2D eigenvalue weighted by molar-refractivity contribution is -0.385. The Morgan fingerprint density at radius 2 is 1.64 bits per heavy atom. The van der Waals surface area contributed by atoms with Crippen LogP contribution in [0.25, 0.3) is 0 Å². The van der Waals surface area contributed by atoms with E-state index in [-0.39, 0.29) is 34.7 Å². The highest BCUT2D eigenvalue weighted by Gasteiger charge is 2.35. The molecule has 0 aliphatic carbocycles. The third kappa shape index (κ3) is 2.08. The minimum absolute atomic E-state index is 0.142. The lowest BCUT2D eigenvalue weighted by Gasteiger charge is -2.14. The number of phenols is 1. The molecule has 22 heavy (non-hydrogen) atoms. The Balaban J connectivity index is 1.95. The summed E-state index contributed by atoms with van der Waals surface area (Å²) in [6, 6.07) is 9.87. The number of benzene rings is 2. The summed E-state index contributed by atoms with van der Waals surface area (Å²) in [7, 11) is 0. The lowest BCUT2D eigenvalue weighted by Crippen LogP contribution is -2.29. The molecule has 1 aliphatic heterocycles. The zero-order chi connectivity index (χ0) is 15.9. The molecule has 1 N–H and O–H groups in total. The van der Waals surface area contributed by atoms with Gasteiger partial charge in [0.25, 0.3) is 17.5 Å². The molecule has 1 aliphatic rings. The Bertz CT molecular complexity index is 780. The molecule has 7 nitrogen and oxygen atoms in total. The van der Waals surface area contributed by atoms with Gasteiger partial charge in [0.1, 0.15) is 5.75 Å². The summed E-state index contributed by atoms with van der Waals surface area (Å²) >= 11 is 0. The van der Waals surface area contributed by atoms with Crippen LogP contribution >= 0.6 is 0 Å². The minimum atomic E-state index is -0.606. The van der Waals surface area contributed by atoms with Crippen LogP contribution in [-0.2, 0) is 6.54 Å². The standard InChI is InChI=1S/C15H10N2O5/c18-13-6-5-10(17(21)22)7-9(13)8-16-14(19)11-3-1-2-4-12(11)15(16)20/h1-7,18H,8H2. The average Bonchev–Trinajstić information content (AvgIpc) is 2.74. The molecular weight excluding hydrogens is 288 g/mol. The number of imide groups is 1. The smallest absolute Gasteiger partial charge is 0.270 e. The van der Waals surface area contributed by atoms with Crippen LogP contribution in [0.5, 0.6) is 5.75 Å². The van der Waals surface area contributed by atoms with Gasteiger partial charge < -0.3 is 5.11 Å². The van der Waals surface area contributed by atoms with Gasteiger partial charge in [-0.05, 0) is 18.2 Å². The van der Waals surface area contributed by atoms with E-state index in [1.54, 1.807) is 24.3 Å². The number of phenolic OH excluding ortho intramolecular Hbond substituents is 1. The van der Waals surface area contributed by atoms with Crippen molar-refractivity contribution in [1.29, 1.82) is 0 Å². The molecule has 110 valence electrons. The number of nitrogens with zero attached hydrogens (tertiary/aromatic N) is 2. The Morgan fingerprint density at radius 1 is 1.05 bits per heavy atom. The zero-order valence-electron chi connectivity index (χ0n) is 11.2. The van der Waals surface area contributed by atoms with E-state index in [2.05, 4.69) is 0 Å². The fraction of sp³-hybridized carbons (Fsp3) is 0.0667. The van der Waals surface area contributed by atoms with E-state index in [9.17, 15) is 24.8 Å². The van der Waals surface area contributed by atoms with Crippen LogP contribution < -0.4 is 0 Å². The Labute approximate surface area is 124 Å². The first kappa shape index (κ1) is 13.7. The third-order valence-electron chi connectivity index (χ3n) is 3.48. The summed E-state index contributed by atoms with van der Waals surface area (Å²) in [5, 5.41) is 20.6. The van der Waals surface area contributed by atoms with E-state index in [4.69, 9.17) is 0 Å². The molecule has 7 heteroatoms. The topological polar surface area (TPSA) is 101 Å². The number of rotatable bonds is 3. The maximum absolute atomic E-state index is 12.2. The van der Waals surface area contributed by atoms with Crippen LogP contribution in [0.1, 0.15) is 26.3 Å². The van der Waals surface area contributed by atoms with Gasteiger partial charge in [0.2, 0.25) is 0 Å². The maximum Gasteiger partial charge on any atom is 0.270 e. The summed E-state index contributed by atoms with van der Waals surface area (Å²) in [5.41, 5.74) is 0.503. The minimum Gasteiger partial charge on any atom is -0.508 e. The van der Waals surface area contributed by atoms with Crippen molar-refractivity contribution in [2.45, 2.75) is 6.54 Å². The number of nitro benzene ring substituents is 1. The molecule has 0 atom stereocenters. The summed E-state index contributed by atoms with van der Waals surface area (Å²) in [5.74, 6) is -1.17. The van der Waals surface area contributed by atoms with Crippen molar-refractivity contribution in [3.8, 4) is 5.75 Å². The monoisotopic (exact) mass is 298 g/mol. The first-order valence-electron chi connectivity index (χ1n) is 6.40. The quantitative estimate of drug-likeness (QED) is 0.531. The van der Waals surface area contributed by atoms with Gasteiger partial charge in [-0.3, -0.25) is 24.6 Å². The second-order valence-corrected chi connectivity index (χ2v) is 4.81. The van der Waals surface area contributed by atoms with Gasteiger partial charge in [0.05, 0.1) is 22.6 Å². The highest BCUT2D eigenvalue weighted by Crippen LogP contribution is 2.28. The van der Waals surface area contributed by atoms with Crippen LogP contribution in [0, 0.1) is 10.1 Å². The van der Waals surface area contributed by atoms with Crippen molar-refractivity contribution in [3.05, 3.63) is 69.3 Å². The molecule has 0 saturated carbocycles. The van der Waals surface area contributed by atoms with Gasteiger partial charge in [-0.15, -0.1) is 0 Å². The predicted molar refractivity (Wildman–Crippen MR) is 75.4 cm³/mol. The van der Waals surface area contributed by atoms with Gasteiger partial charge >= 0.3 is 0 Å². The fourth-order valence-electron chi connectivity index (χ4n) is 2.37. The van der Waals surface area contributed by atoms with E-state index >= 15 is 0 Å². The highest BCUT2D eigenvalue weighted by atomic mass is 16.6. The van der Waals surface area contributed by atoms with Crippen molar-refractivity contribution in [1.82, 2.24) is 4.90 Å². The Morgan fingerprint density at radius 3 is 2.18 bits per heavy atom. The molecule has 1 heterocycles. The first-order valence-corrected chi connectivity index (χ1v) is 6.40.